The number of hydrogen-bond acceptors (Lipinski definition) is 4. The fourth-order valence-corrected chi connectivity index (χ4v) is 4.99. The van der Waals surface area contributed by atoms with Crippen LogP contribution in [-0.2, 0) is 17.7 Å². The van der Waals surface area contributed by atoms with Gasteiger partial charge in [-0.3, -0.25) is 9.69 Å². The van der Waals surface area contributed by atoms with Gasteiger partial charge in [0.2, 0.25) is 0 Å². The quantitative estimate of drug-likeness (QED) is 0.665. The first kappa shape index (κ1) is 21.2. The molecule has 1 unspecified atom stereocenters. The van der Waals surface area contributed by atoms with E-state index < -0.39 is 0 Å². The van der Waals surface area contributed by atoms with Crippen LogP contribution in [0.25, 0.3) is 11.0 Å². The number of aromatic nitrogens is 2. The first-order valence-corrected chi connectivity index (χ1v) is 11.9. The number of pyridine rings is 1. The molecule has 0 saturated carbocycles. The van der Waals surface area contributed by atoms with Gasteiger partial charge in [0.15, 0.2) is 0 Å². The lowest BCUT2D eigenvalue weighted by molar-refractivity contribution is 0.0340. The van der Waals surface area contributed by atoms with E-state index >= 15 is 0 Å². The molecule has 2 saturated heterocycles. The smallest absolute Gasteiger partial charge is 0.254 e. The molecule has 1 aromatic carbocycles. The van der Waals surface area contributed by atoms with Gasteiger partial charge in [0.1, 0.15) is 5.65 Å². The summed E-state index contributed by atoms with van der Waals surface area (Å²) >= 11 is 0. The number of likely N-dealkylation sites (tertiary alicyclic amines) is 1. The van der Waals surface area contributed by atoms with Gasteiger partial charge >= 0.3 is 0 Å². The van der Waals surface area contributed by atoms with E-state index in [4.69, 9.17) is 9.72 Å². The standard InChI is InChI=1S/C26H32N4O2/c31-26(24-6-2-1-5-22(24)19-29-14-16-32-17-15-29)30-12-3-4-20(10-13-30)18-23-8-7-21-9-11-27-25(21)28-23/h1-2,5-9,11,20H,3-4,10,12-19H2,(H,27,28). The third kappa shape index (κ3) is 4.87. The fraction of sp³-hybridized carbons (Fsp3) is 0.462. The van der Waals surface area contributed by atoms with E-state index in [9.17, 15) is 4.79 Å². The number of amides is 1. The highest BCUT2D eigenvalue weighted by Crippen LogP contribution is 2.24. The van der Waals surface area contributed by atoms with Crippen molar-refractivity contribution in [1.82, 2.24) is 19.8 Å². The molecule has 6 heteroatoms. The predicted octanol–water partition coefficient (Wildman–Crippen LogP) is 3.88. The summed E-state index contributed by atoms with van der Waals surface area (Å²) in [6.45, 7) is 5.87. The van der Waals surface area contributed by atoms with Crippen molar-refractivity contribution in [3.8, 4) is 0 Å². The number of benzene rings is 1. The van der Waals surface area contributed by atoms with E-state index in [1.807, 2.05) is 24.4 Å². The fourth-order valence-electron chi connectivity index (χ4n) is 4.99. The van der Waals surface area contributed by atoms with Gasteiger partial charge < -0.3 is 14.6 Å². The van der Waals surface area contributed by atoms with Gasteiger partial charge in [-0.15, -0.1) is 0 Å². The van der Waals surface area contributed by atoms with E-state index in [0.717, 1.165) is 99.5 Å². The second kappa shape index (κ2) is 9.84. The molecule has 3 aromatic rings. The van der Waals surface area contributed by atoms with Gasteiger partial charge in [-0.2, -0.15) is 0 Å². The summed E-state index contributed by atoms with van der Waals surface area (Å²) in [5.74, 6) is 0.747. The maximum Gasteiger partial charge on any atom is 0.254 e. The number of aromatic amines is 1. The predicted molar refractivity (Wildman–Crippen MR) is 126 cm³/mol. The Morgan fingerprint density at radius 3 is 2.81 bits per heavy atom. The van der Waals surface area contributed by atoms with Gasteiger partial charge in [0.05, 0.1) is 13.2 Å². The van der Waals surface area contributed by atoms with Crippen LogP contribution in [0.15, 0.2) is 48.7 Å². The average molecular weight is 433 g/mol. The first-order chi connectivity index (χ1) is 15.8. The lowest BCUT2D eigenvalue weighted by Gasteiger charge is -2.28. The zero-order valence-corrected chi connectivity index (χ0v) is 18.6. The largest absolute Gasteiger partial charge is 0.379 e. The molecule has 2 aliphatic heterocycles. The molecule has 4 heterocycles. The molecule has 1 atom stereocenters. The van der Waals surface area contributed by atoms with Crippen LogP contribution in [0.2, 0.25) is 0 Å². The minimum Gasteiger partial charge on any atom is -0.379 e. The highest BCUT2D eigenvalue weighted by atomic mass is 16.5. The highest BCUT2D eigenvalue weighted by Gasteiger charge is 2.24. The Morgan fingerprint density at radius 2 is 1.91 bits per heavy atom. The third-order valence-corrected chi connectivity index (χ3v) is 6.85. The Kier molecular flexibility index (Phi) is 6.51. The topological polar surface area (TPSA) is 61.5 Å². The minimum atomic E-state index is 0.181. The Balaban J connectivity index is 1.22. The Morgan fingerprint density at radius 1 is 1.03 bits per heavy atom. The van der Waals surface area contributed by atoms with Crippen LogP contribution in [0.5, 0.6) is 0 Å². The maximum absolute atomic E-state index is 13.5. The van der Waals surface area contributed by atoms with Crippen LogP contribution in [0, 0.1) is 5.92 Å². The number of carbonyl (C=O) groups is 1. The second-order valence-electron chi connectivity index (χ2n) is 9.06. The molecule has 6 nitrogen and oxygen atoms in total. The Bertz CT molecular complexity index is 1060. The molecule has 1 N–H and O–H groups in total. The van der Waals surface area contributed by atoms with Crippen LogP contribution in [0.3, 0.4) is 0 Å². The van der Waals surface area contributed by atoms with Crippen LogP contribution in [0.1, 0.15) is 40.9 Å². The number of ether oxygens (including phenoxy) is 1. The molecule has 0 bridgehead atoms. The lowest BCUT2D eigenvalue weighted by atomic mass is 9.95. The Hall–Kier alpha value is -2.70. The van der Waals surface area contributed by atoms with Crippen molar-refractivity contribution in [2.24, 2.45) is 5.92 Å². The van der Waals surface area contributed by atoms with Gasteiger partial charge in [-0.1, -0.05) is 18.2 Å². The van der Waals surface area contributed by atoms with Crippen molar-refractivity contribution in [3.63, 3.8) is 0 Å². The van der Waals surface area contributed by atoms with Gasteiger partial charge in [-0.05, 0) is 61.4 Å². The monoisotopic (exact) mass is 432 g/mol. The van der Waals surface area contributed by atoms with Gasteiger partial charge in [0, 0.05) is 55.6 Å². The van der Waals surface area contributed by atoms with E-state index in [2.05, 4.69) is 39.0 Å². The number of fused-ring (bicyclic) bond motifs is 1. The highest BCUT2D eigenvalue weighted by molar-refractivity contribution is 5.95. The van der Waals surface area contributed by atoms with Crippen molar-refractivity contribution in [2.45, 2.75) is 32.2 Å². The van der Waals surface area contributed by atoms with Crippen molar-refractivity contribution in [1.29, 1.82) is 0 Å². The number of nitrogens with zero attached hydrogens (tertiary/aromatic N) is 3. The molecular weight excluding hydrogens is 400 g/mol. The number of carbonyl (C=O) groups excluding carboxylic acids is 1. The van der Waals surface area contributed by atoms with E-state index in [1.165, 1.54) is 0 Å². The molecule has 0 spiro atoms. The summed E-state index contributed by atoms with van der Waals surface area (Å²) < 4.78 is 5.47. The number of morpholine rings is 1. The summed E-state index contributed by atoms with van der Waals surface area (Å²) in [4.78, 5) is 25.9. The van der Waals surface area contributed by atoms with E-state index in [0.29, 0.717) is 5.92 Å². The second-order valence-corrected chi connectivity index (χ2v) is 9.06. The molecule has 32 heavy (non-hydrogen) atoms. The average Bonchev–Trinajstić information content (AvgIpc) is 3.17. The molecular formula is C26H32N4O2. The molecule has 1 amide bonds. The normalized spacial score (nSPS) is 20.4. The molecule has 2 aromatic heterocycles. The minimum absolute atomic E-state index is 0.181. The summed E-state index contributed by atoms with van der Waals surface area (Å²) in [6, 6.07) is 14.5. The van der Waals surface area contributed by atoms with Crippen LogP contribution in [0.4, 0.5) is 0 Å². The van der Waals surface area contributed by atoms with E-state index in [-0.39, 0.29) is 5.91 Å². The zero-order valence-electron chi connectivity index (χ0n) is 18.6. The van der Waals surface area contributed by atoms with Crippen LogP contribution >= 0.6 is 0 Å². The van der Waals surface area contributed by atoms with Crippen molar-refractivity contribution in [3.05, 3.63) is 65.5 Å². The summed E-state index contributed by atoms with van der Waals surface area (Å²) in [6.07, 6.45) is 6.14. The van der Waals surface area contributed by atoms with Gasteiger partial charge in [-0.25, -0.2) is 4.98 Å². The number of hydrogen-bond donors (Lipinski definition) is 1. The molecule has 168 valence electrons. The first-order valence-electron chi connectivity index (χ1n) is 11.9. The zero-order chi connectivity index (χ0) is 21.8. The lowest BCUT2D eigenvalue weighted by Crippen LogP contribution is -2.37. The molecule has 0 radical (unpaired) electrons. The third-order valence-electron chi connectivity index (χ3n) is 6.85. The number of H-pyrrole nitrogens is 1. The van der Waals surface area contributed by atoms with Crippen LogP contribution in [-0.4, -0.2) is 65.1 Å². The Labute approximate surface area is 189 Å². The molecule has 2 aliphatic rings. The van der Waals surface area contributed by atoms with Crippen molar-refractivity contribution in [2.75, 3.05) is 39.4 Å². The number of rotatable bonds is 5. The van der Waals surface area contributed by atoms with E-state index in [1.54, 1.807) is 0 Å². The SMILES string of the molecule is O=C(c1ccccc1CN1CCOCC1)N1CCCC(Cc2ccc3cc[nH]c3n2)CC1. The van der Waals surface area contributed by atoms with Gasteiger partial charge in [0.25, 0.3) is 5.91 Å². The molecule has 5 rings (SSSR count). The molecule has 2 fully saturated rings. The van der Waals surface area contributed by atoms with Crippen LogP contribution < -0.4 is 0 Å². The van der Waals surface area contributed by atoms with Crippen molar-refractivity contribution < 1.29 is 9.53 Å². The summed E-state index contributed by atoms with van der Waals surface area (Å²) in [5, 5.41) is 1.15. The maximum atomic E-state index is 13.5. The number of nitrogens with one attached hydrogen (secondary N) is 1. The summed E-state index contributed by atoms with van der Waals surface area (Å²) in [5.41, 5.74) is 4.09. The van der Waals surface area contributed by atoms with Crippen molar-refractivity contribution >= 4 is 16.9 Å². The summed E-state index contributed by atoms with van der Waals surface area (Å²) in [7, 11) is 0. The molecule has 0 aliphatic carbocycles.